The first-order valence-corrected chi connectivity index (χ1v) is 12.0. The standard InChI is InChI=1S/C20H17F3N2O4S2/c21-20(22,23)14-8-4-5-9-15(14)25-16-11-31(27,28)12-17(16)30-19(25)24-18(26)10-29-13-6-2-1-3-7-13/h1-9,16-17H,10-12H2/t16-,17+/m0/s1. The van der Waals surface area contributed by atoms with Crippen LogP contribution in [0.15, 0.2) is 59.6 Å². The fraction of sp³-hybridized carbons (Fsp3) is 0.300. The number of carbonyl (C=O) groups excluding carboxylic acids is 1. The van der Waals surface area contributed by atoms with Crippen LogP contribution in [-0.4, -0.2) is 48.9 Å². The molecular weight excluding hydrogens is 453 g/mol. The number of nitrogens with zero attached hydrogens (tertiary/aromatic N) is 2. The van der Waals surface area contributed by atoms with Crippen LogP contribution < -0.4 is 9.64 Å². The molecule has 2 aliphatic heterocycles. The molecule has 2 aromatic carbocycles. The summed E-state index contributed by atoms with van der Waals surface area (Å²) in [7, 11) is -3.40. The second kappa shape index (κ2) is 8.19. The van der Waals surface area contributed by atoms with Gasteiger partial charge in [-0.15, -0.1) is 0 Å². The van der Waals surface area contributed by atoms with Gasteiger partial charge in [-0.25, -0.2) is 8.42 Å². The summed E-state index contributed by atoms with van der Waals surface area (Å²) in [4.78, 5) is 17.6. The number of sulfone groups is 1. The third kappa shape index (κ3) is 4.72. The number of anilines is 1. The number of ether oxygens (including phenoxy) is 1. The second-order valence-electron chi connectivity index (χ2n) is 7.08. The average molecular weight is 470 g/mol. The largest absolute Gasteiger partial charge is 0.484 e. The molecule has 4 rings (SSSR count). The molecule has 0 aliphatic carbocycles. The van der Waals surface area contributed by atoms with Crippen LogP contribution in [0.4, 0.5) is 18.9 Å². The first-order chi connectivity index (χ1) is 14.6. The van der Waals surface area contributed by atoms with Crippen molar-refractivity contribution < 1.29 is 31.1 Å². The van der Waals surface area contributed by atoms with Crippen molar-refractivity contribution in [3.05, 3.63) is 60.2 Å². The summed E-state index contributed by atoms with van der Waals surface area (Å²) in [5.74, 6) is -0.702. The van der Waals surface area contributed by atoms with E-state index in [-0.39, 0.29) is 22.4 Å². The minimum absolute atomic E-state index is 0.0447. The Bertz CT molecular complexity index is 1120. The number of aliphatic imine (C=N–C) groups is 1. The van der Waals surface area contributed by atoms with Crippen molar-refractivity contribution >= 4 is 38.4 Å². The summed E-state index contributed by atoms with van der Waals surface area (Å²) in [6.45, 7) is -0.392. The molecule has 0 N–H and O–H groups in total. The van der Waals surface area contributed by atoms with Gasteiger partial charge in [0.05, 0.1) is 28.8 Å². The fourth-order valence-corrected chi connectivity index (χ4v) is 7.49. The Labute approximate surface area is 181 Å². The number of amides is 1. The summed E-state index contributed by atoms with van der Waals surface area (Å²) in [6, 6.07) is 12.7. The van der Waals surface area contributed by atoms with E-state index in [2.05, 4.69) is 4.99 Å². The van der Waals surface area contributed by atoms with Gasteiger partial charge in [0.2, 0.25) is 0 Å². The van der Waals surface area contributed by atoms with Gasteiger partial charge in [-0.3, -0.25) is 4.79 Å². The first-order valence-electron chi connectivity index (χ1n) is 9.26. The minimum Gasteiger partial charge on any atom is -0.484 e. The second-order valence-corrected chi connectivity index (χ2v) is 10.4. The summed E-state index contributed by atoms with van der Waals surface area (Å²) in [5, 5.41) is -0.462. The first kappa shape index (κ1) is 21.7. The highest BCUT2D eigenvalue weighted by Crippen LogP contribution is 2.45. The van der Waals surface area contributed by atoms with E-state index in [9.17, 15) is 26.4 Å². The van der Waals surface area contributed by atoms with Gasteiger partial charge in [0.25, 0.3) is 5.91 Å². The van der Waals surface area contributed by atoms with E-state index in [0.717, 1.165) is 17.8 Å². The van der Waals surface area contributed by atoms with Gasteiger partial charge in [0.15, 0.2) is 21.6 Å². The lowest BCUT2D eigenvalue weighted by Crippen LogP contribution is -2.39. The third-order valence-electron chi connectivity index (χ3n) is 4.86. The maximum absolute atomic E-state index is 13.6. The highest BCUT2D eigenvalue weighted by Gasteiger charge is 2.51. The molecule has 0 unspecified atom stereocenters. The van der Waals surface area contributed by atoms with E-state index in [1.807, 2.05) is 0 Å². The van der Waals surface area contributed by atoms with Gasteiger partial charge in [0, 0.05) is 5.25 Å². The molecule has 0 radical (unpaired) electrons. The Morgan fingerprint density at radius 3 is 2.48 bits per heavy atom. The van der Waals surface area contributed by atoms with Crippen molar-refractivity contribution in [3.8, 4) is 5.75 Å². The summed E-state index contributed by atoms with van der Waals surface area (Å²) in [5.41, 5.74) is -1.14. The van der Waals surface area contributed by atoms with Crippen LogP contribution in [0.25, 0.3) is 0 Å². The number of thioether (sulfide) groups is 1. The minimum atomic E-state index is -4.65. The molecule has 0 spiro atoms. The number of fused-ring (bicyclic) bond motifs is 1. The fourth-order valence-electron chi connectivity index (χ4n) is 3.57. The van der Waals surface area contributed by atoms with Crippen molar-refractivity contribution in [2.45, 2.75) is 17.5 Å². The molecule has 11 heteroatoms. The number of hydrogen-bond acceptors (Lipinski definition) is 5. The van der Waals surface area contributed by atoms with Crippen LogP contribution in [-0.2, 0) is 20.8 Å². The smallest absolute Gasteiger partial charge is 0.418 e. The number of rotatable bonds is 4. The lowest BCUT2D eigenvalue weighted by atomic mass is 10.1. The zero-order valence-electron chi connectivity index (χ0n) is 15.9. The van der Waals surface area contributed by atoms with Gasteiger partial charge in [-0.2, -0.15) is 18.2 Å². The SMILES string of the molecule is O=C(COc1ccccc1)N=C1S[C@@H]2CS(=O)(=O)C[C@@H]2N1c1ccccc1C(F)(F)F. The summed E-state index contributed by atoms with van der Waals surface area (Å²) < 4.78 is 70.4. The van der Waals surface area contributed by atoms with Crippen LogP contribution >= 0.6 is 11.8 Å². The number of para-hydroxylation sites is 2. The van der Waals surface area contributed by atoms with Crippen LogP contribution in [0.2, 0.25) is 0 Å². The van der Waals surface area contributed by atoms with Gasteiger partial charge in [-0.05, 0) is 24.3 Å². The lowest BCUT2D eigenvalue weighted by molar-refractivity contribution is -0.137. The number of carbonyl (C=O) groups is 1. The molecule has 2 atom stereocenters. The maximum Gasteiger partial charge on any atom is 0.418 e. The van der Waals surface area contributed by atoms with Gasteiger partial charge >= 0.3 is 6.18 Å². The molecule has 2 aromatic rings. The average Bonchev–Trinajstić information content (AvgIpc) is 3.17. The molecule has 2 heterocycles. The Hall–Kier alpha value is -2.53. The van der Waals surface area contributed by atoms with Crippen molar-refractivity contribution in [1.29, 1.82) is 0 Å². The molecule has 0 aromatic heterocycles. The highest BCUT2D eigenvalue weighted by molar-refractivity contribution is 8.16. The predicted octanol–water partition coefficient (Wildman–Crippen LogP) is 3.39. The quantitative estimate of drug-likeness (QED) is 0.682. The van der Waals surface area contributed by atoms with E-state index >= 15 is 0 Å². The zero-order valence-corrected chi connectivity index (χ0v) is 17.6. The van der Waals surface area contributed by atoms with E-state index in [1.165, 1.54) is 23.1 Å². The van der Waals surface area contributed by atoms with Crippen LogP contribution in [0.3, 0.4) is 0 Å². The number of halogens is 3. The van der Waals surface area contributed by atoms with E-state index in [1.54, 1.807) is 30.3 Å². The molecule has 2 saturated heterocycles. The Kier molecular flexibility index (Phi) is 5.73. The topological polar surface area (TPSA) is 76.0 Å². The van der Waals surface area contributed by atoms with E-state index in [4.69, 9.17) is 4.74 Å². The van der Waals surface area contributed by atoms with E-state index < -0.39 is 45.4 Å². The predicted molar refractivity (Wildman–Crippen MR) is 112 cm³/mol. The molecular formula is C20H17F3N2O4S2. The Morgan fingerprint density at radius 2 is 1.77 bits per heavy atom. The molecule has 2 fully saturated rings. The number of benzene rings is 2. The van der Waals surface area contributed by atoms with Gasteiger partial charge < -0.3 is 9.64 Å². The number of amidine groups is 1. The molecule has 2 aliphatic rings. The van der Waals surface area contributed by atoms with E-state index in [0.29, 0.717) is 5.75 Å². The monoisotopic (exact) mass is 470 g/mol. The summed E-state index contributed by atoms with van der Waals surface area (Å²) in [6.07, 6.45) is -4.65. The summed E-state index contributed by atoms with van der Waals surface area (Å²) >= 11 is 1.01. The van der Waals surface area contributed by atoms with Crippen LogP contribution in [0.5, 0.6) is 5.75 Å². The van der Waals surface area contributed by atoms with Crippen molar-refractivity contribution in [2.75, 3.05) is 23.0 Å². The molecule has 0 saturated carbocycles. The van der Waals surface area contributed by atoms with Crippen LogP contribution in [0.1, 0.15) is 5.56 Å². The molecule has 0 bridgehead atoms. The van der Waals surface area contributed by atoms with Crippen molar-refractivity contribution in [3.63, 3.8) is 0 Å². The third-order valence-corrected chi connectivity index (χ3v) is 8.07. The molecule has 1 amide bonds. The molecule has 164 valence electrons. The lowest BCUT2D eigenvalue weighted by Gasteiger charge is -2.27. The number of alkyl halides is 3. The van der Waals surface area contributed by atoms with Crippen molar-refractivity contribution in [1.82, 2.24) is 0 Å². The Morgan fingerprint density at radius 1 is 1.10 bits per heavy atom. The normalized spacial score (nSPS) is 23.7. The Balaban J connectivity index is 1.66. The highest BCUT2D eigenvalue weighted by atomic mass is 32.2. The van der Waals surface area contributed by atoms with Gasteiger partial charge in [0.1, 0.15) is 5.75 Å². The molecule has 6 nitrogen and oxygen atoms in total. The zero-order chi connectivity index (χ0) is 22.2. The maximum atomic E-state index is 13.6. The van der Waals surface area contributed by atoms with Gasteiger partial charge in [-0.1, -0.05) is 42.1 Å². The van der Waals surface area contributed by atoms with Crippen molar-refractivity contribution in [2.24, 2.45) is 4.99 Å². The number of hydrogen-bond donors (Lipinski definition) is 0. The van der Waals surface area contributed by atoms with Crippen LogP contribution in [0, 0.1) is 0 Å². The molecule has 31 heavy (non-hydrogen) atoms.